The lowest BCUT2D eigenvalue weighted by Crippen LogP contribution is -2.48. The molecule has 0 aromatic carbocycles. The molecule has 0 spiro atoms. The Morgan fingerprint density at radius 2 is 1.59 bits per heavy atom. The van der Waals surface area contributed by atoms with Crippen LogP contribution < -0.4 is 5.32 Å². The second-order valence-corrected chi connectivity index (χ2v) is 6.38. The molecule has 2 amide bonds. The molecule has 0 radical (unpaired) electrons. The van der Waals surface area contributed by atoms with Gasteiger partial charge in [-0.1, -0.05) is 6.92 Å². The Hall–Kier alpha value is -1.14. The molecule has 2 aliphatic heterocycles. The van der Waals surface area contributed by atoms with E-state index in [0.29, 0.717) is 6.42 Å². The van der Waals surface area contributed by atoms with E-state index in [1.807, 2.05) is 4.90 Å². The third kappa shape index (κ3) is 5.25. The maximum absolute atomic E-state index is 12.3. The van der Waals surface area contributed by atoms with Crippen LogP contribution >= 0.6 is 0 Å². The van der Waals surface area contributed by atoms with Gasteiger partial charge in [0.1, 0.15) is 0 Å². The highest BCUT2D eigenvalue weighted by molar-refractivity contribution is 5.76. The van der Waals surface area contributed by atoms with Gasteiger partial charge in [-0.25, -0.2) is 0 Å². The van der Waals surface area contributed by atoms with Crippen molar-refractivity contribution < 1.29 is 9.59 Å². The molecule has 2 aliphatic rings. The smallest absolute Gasteiger partial charge is 0.223 e. The largest absolute Gasteiger partial charge is 0.353 e. The average molecular weight is 310 g/mol. The molecule has 0 atom stereocenters. The van der Waals surface area contributed by atoms with E-state index in [0.717, 1.165) is 65.2 Å². The van der Waals surface area contributed by atoms with Crippen LogP contribution in [0.25, 0.3) is 0 Å². The molecule has 2 saturated heterocycles. The summed E-state index contributed by atoms with van der Waals surface area (Å²) in [5, 5.41) is 2.94. The van der Waals surface area contributed by atoms with E-state index in [-0.39, 0.29) is 17.9 Å². The summed E-state index contributed by atoms with van der Waals surface area (Å²) in [6.45, 7) is 11.7. The molecule has 0 aromatic heterocycles. The van der Waals surface area contributed by atoms with Crippen LogP contribution in [0, 0.1) is 0 Å². The SMILES string of the molecule is CCN1CCN(CCC(=O)N2CCC(NC(C)=O)CC2)CC1. The number of nitrogens with zero attached hydrogens (tertiary/aromatic N) is 3. The molecular formula is C16H30N4O2. The fourth-order valence-electron chi connectivity index (χ4n) is 3.30. The Balaban J connectivity index is 1.63. The van der Waals surface area contributed by atoms with Crippen molar-refractivity contribution >= 4 is 11.8 Å². The van der Waals surface area contributed by atoms with Crippen LogP contribution in [0.4, 0.5) is 0 Å². The number of nitrogens with one attached hydrogen (secondary N) is 1. The number of rotatable bonds is 5. The van der Waals surface area contributed by atoms with E-state index in [1.54, 1.807) is 6.92 Å². The summed E-state index contributed by atoms with van der Waals surface area (Å²) in [5.41, 5.74) is 0. The maximum Gasteiger partial charge on any atom is 0.223 e. The van der Waals surface area contributed by atoms with E-state index in [2.05, 4.69) is 22.0 Å². The zero-order chi connectivity index (χ0) is 15.9. The van der Waals surface area contributed by atoms with Gasteiger partial charge < -0.3 is 20.0 Å². The summed E-state index contributed by atoms with van der Waals surface area (Å²) in [6.07, 6.45) is 2.37. The van der Waals surface area contributed by atoms with Crippen molar-refractivity contribution in [1.29, 1.82) is 0 Å². The number of likely N-dealkylation sites (N-methyl/N-ethyl adjacent to an activating group) is 1. The average Bonchev–Trinajstić information content (AvgIpc) is 2.53. The van der Waals surface area contributed by atoms with Gasteiger partial charge in [0.15, 0.2) is 0 Å². The highest BCUT2D eigenvalue weighted by atomic mass is 16.2. The van der Waals surface area contributed by atoms with Crippen molar-refractivity contribution in [3.05, 3.63) is 0 Å². The molecule has 0 aliphatic carbocycles. The number of likely N-dealkylation sites (tertiary alicyclic amines) is 1. The summed E-state index contributed by atoms with van der Waals surface area (Å²) in [4.78, 5) is 30.1. The van der Waals surface area contributed by atoms with Gasteiger partial charge >= 0.3 is 0 Å². The Kier molecular flexibility index (Phi) is 6.64. The topological polar surface area (TPSA) is 55.9 Å². The molecule has 1 N–H and O–H groups in total. The molecule has 126 valence electrons. The predicted octanol–water partition coefficient (Wildman–Crippen LogP) is 0.141. The van der Waals surface area contributed by atoms with Gasteiger partial charge in [-0.15, -0.1) is 0 Å². The molecule has 6 nitrogen and oxygen atoms in total. The van der Waals surface area contributed by atoms with Gasteiger partial charge in [0.25, 0.3) is 0 Å². The number of carbonyl (C=O) groups excluding carboxylic acids is 2. The zero-order valence-corrected chi connectivity index (χ0v) is 14.0. The monoisotopic (exact) mass is 310 g/mol. The van der Waals surface area contributed by atoms with Crippen molar-refractivity contribution in [1.82, 2.24) is 20.0 Å². The summed E-state index contributed by atoms with van der Waals surface area (Å²) >= 11 is 0. The van der Waals surface area contributed by atoms with Crippen LogP contribution in [0.5, 0.6) is 0 Å². The van der Waals surface area contributed by atoms with Crippen LogP contribution in [0.2, 0.25) is 0 Å². The number of carbonyl (C=O) groups is 2. The van der Waals surface area contributed by atoms with E-state index < -0.39 is 0 Å². The standard InChI is InChI=1S/C16H30N4O2/c1-3-18-10-12-19(13-11-18)7-6-16(22)20-8-4-15(5-9-20)17-14(2)21/h15H,3-13H2,1-2H3,(H,17,21). The molecular weight excluding hydrogens is 280 g/mol. The molecule has 0 bridgehead atoms. The third-order valence-electron chi connectivity index (χ3n) is 4.81. The molecule has 6 heteroatoms. The Bertz CT molecular complexity index is 372. The first kappa shape index (κ1) is 17.2. The van der Waals surface area contributed by atoms with Crippen LogP contribution in [-0.2, 0) is 9.59 Å². The first-order valence-electron chi connectivity index (χ1n) is 8.58. The predicted molar refractivity (Wildman–Crippen MR) is 86.6 cm³/mol. The molecule has 2 rings (SSSR count). The number of piperidine rings is 1. The second-order valence-electron chi connectivity index (χ2n) is 6.38. The van der Waals surface area contributed by atoms with Crippen molar-refractivity contribution in [2.24, 2.45) is 0 Å². The maximum atomic E-state index is 12.3. The summed E-state index contributed by atoms with van der Waals surface area (Å²) in [7, 11) is 0. The third-order valence-corrected chi connectivity index (χ3v) is 4.81. The minimum atomic E-state index is 0.0241. The number of amides is 2. The van der Waals surface area contributed by atoms with Crippen LogP contribution in [0.1, 0.15) is 33.1 Å². The Labute approximate surface area is 133 Å². The first-order valence-corrected chi connectivity index (χ1v) is 8.58. The lowest BCUT2D eigenvalue weighted by atomic mass is 10.0. The van der Waals surface area contributed by atoms with Crippen LogP contribution in [-0.4, -0.2) is 84.9 Å². The van der Waals surface area contributed by atoms with Crippen molar-refractivity contribution in [3.63, 3.8) is 0 Å². The number of hydrogen-bond donors (Lipinski definition) is 1. The molecule has 0 saturated carbocycles. The van der Waals surface area contributed by atoms with Gasteiger partial charge in [0, 0.05) is 65.2 Å². The zero-order valence-electron chi connectivity index (χ0n) is 14.0. The molecule has 0 unspecified atom stereocenters. The lowest BCUT2D eigenvalue weighted by Gasteiger charge is -2.35. The Morgan fingerprint density at radius 1 is 1.00 bits per heavy atom. The van der Waals surface area contributed by atoms with E-state index in [9.17, 15) is 9.59 Å². The van der Waals surface area contributed by atoms with Crippen molar-refractivity contribution in [2.75, 3.05) is 52.4 Å². The van der Waals surface area contributed by atoms with E-state index in [4.69, 9.17) is 0 Å². The van der Waals surface area contributed by atoms with Gasteiger partial charge in [0.05, 0.1) is 0 Å². The first-order chi connectivity index (χ1) is 10.6. The lowest BCUT2D eigenvalue weighted by molar-refractivity contribution is -0.132. The normalized spacial score (nSPS) is 21.8. The van der Waals surface area contributed by atoms with Gasteiger partial charge in [-0.3, -0.25) is 9.59 Å². The van der Waals surface area contributed by atoms with Crippen LogP contribution in [0.15, 0.2) is 0 Å². The molecule has 22 heavy (non-hydrogen) atoms. The van der Waals surface area contributed by atoms with E-state index in [1.165, 1.54) is 0 Å². The Morgan fingerprint density at radius 3 is 2.14 bits per heavy atom. The van der Waals surface area contributed by atoms with Gasteiger partial charge in [-0.05, 0) is 19.4 Å². The second kappa shape index (κ2) is 8.48. The summed E-state index contributed by atoms with van der Waals surface area (Å²) in [5.74, 6) is 0.287. The molecule has 0 aromatic rings. The fraction of sp³-hybridized carbons (Fsp3) is 0.875. The summed E-state index contributed by atoms with van der Waals surface area (Å²) < 4.78 is 0. The van der Waals surface area contributed by atoms with Gasteiger partial charge in [0.2, 0.25) is 11.8 Å². The quantitative estimate of drug-likeness (QED) is 0.785. The summed E-state index contributed by atoms with van der Waals surface area (Å²) in [6, 6.07) is 0.240. The van der Waals surface area contributed by atoms with Crippen LogP contribution in [0.3, 0.4) is 0 Å². The highest BCUT2D eigenvalue weighted by Crippen LogP contribution is 2.12. The minimum absolute atomic E-state index is 0.0241. The minimum Gasteiger partial charge on any atom is -0.353 e. The fourth-order valence-corrected chi connectivity index (χ4v) is 3.30. The van der Waals surface area contributed by atoms with Gasteiger partial charge in [-0.2, -0.15) is 0 Å². The van der Waals surface area contributed by atoms with E-state index >= 15 is 0 Å². The molecule has 2 fully saturated rings. The van der Waals surface area contributed by atoms with Crippen molar-refractivity contribution in [2.45, 2.75) is 39.2 Å². The number of hydrogen-bond acceptors (Lipinski definition) is 4. The number of piperazine rings is 1. The van der Waals surface area contributed by atoms with Crippen molar-refractivity contribution in [3.8, 4) is 0 Å². The molecule has 2 heterocycles. The highest BCUT2D eigenvalue weighted by Gasteiger charge is 2.24.